The fraction of sp³-hybridized carbons (Fsp3) is 0.0556. The van der Waals surface area contributed by atoms with Crippen molar-refractivity contribution in [2.75, 3.05) is 10.6 Å². The average Bonchev–Trinajstić information content (AvgIpc) is 2.65. The molecule has 0 atom stereocenters. The maximum atomic E-state index is 14.0. The van der Waals surface area contributed by atoms with Crippen LogP contribution in [-0.4, -0.2) is 15.9 Å². The highest BCUT2D eigenvalue weighted by Gasteiger charge is 2.16. The quantitative estimate of drug-likeness (QED) is 0.404. The number of benzene rings is 2. The largest absolute Gasteiger partial charge is 0.365 e. The molecule has 2 aromatic carbocycles. The molecule has 0 aliphatic heterocycles. The van der Waals surface area contributed by atoms with E-state index in [9.17, 15) is 9.18 Å². The summed E-state index contributed by atoms with van der Waals surface area (Å²) in [4.78, 5) is 21.1. The molecule has 0 unspecified atom stereocenters. The molecule has 0 spiro atoms. The van der Waals surface area contributed by atoms with Gasteiger partial charge in [0, 0.05) is 16.8 Å². The number of amides is 1. The number of aromatic nitrogens is 2. The Morgan fingerprint density at radius 2 is 2.00 bits per heavy atom. The Bertz CT molecular complexity index is 1050. The summed E-state index contributed by atoms with van der Waals surface area (Å²) in [5.41, 5.74) is 7.04. The molecule has 0 saturated heterocycles. The van der Waals surface area contributed by atoms with E-state index < -0.39 is 11.7 Å². The Labute approximate surface area is 173 Å². The standard InChI is InChI=1S/C18H16BrFN6OS/c1-9-7-10(28-22)5-6-13(9)25-18-23-8-11(19)17(26-18)24-14-4-2-3-12(20)15(14)16(21)27/h2-8H,22H2,1H3,(H2,21,27)(H2,23,24,25,26). The lowest BCUT2D eigenvalue weighted by Gasteiger charge is -2.13. The Balaban J connectivity index is 1.91. The molecule has 0 radical (unpaired) electrons. The molecule has 7 nitrogen and oxygen atoms in total. The molecular formula is C18H16BrFN6OS. The molecule has 0 saturated carbocycles. The van der Waals surface area contributed by atoms with Gasteiger partial charge in [-0.25, -0.2) is 9.37 Å². The molecule has 3 rings (SSSR count). The van der Waals surface area contributed by atoms with Crippen LogP contribution in [0.2, 0.25) is 0 Å². The van der Waals surface area contributed by atoms with Crippen molar-refractivity contribution in [1.82, 2.24) is 9.97 Å². The van der Waals surface area contributed by atoms with Crippen LogP contribution in [0.4, 0.5) is 27.5 Å². The lowest BCUT2D eigenvalue weighted by Crippen LogP contribution is -2.16. The van der Waals surface area contributed by atoms with Crippen molar-refractivity contribution in [3.8, 4) is 0 Å². The number of nitrogens with two attached hydrogens (primary N) is 2. The number of rotatable bonds is 6. The molecular weight excluding hydrogens is 447 g/mol. The van der Waals surface area contributed by atoms with E-state index in [4.69, 9.17) is 10.9 Å². The molecule has 6 N–H and O–H groups in total. The van der Waals surface area contributed by atoms with Gasteiger partial charge in [0.15, 0.2) is 0 Å². The van der Waals surface area contributed by atoms with Gasteiger partial charge in [-0.1, -0.05) is 6.07 Å². The second-order valence-corrected chi connectivity index (χ2v) is 7.32. The molecule has 1 amide bonds. The Kier molecular flexibility index (Phi) is 6.12. The smallest absolute Gasteiger partial charge is 0.253 e. The number of hydrogen-bond donors (Lipinski definition) is 4. The molecule has 0 bridgehead atoms. The van der Waals surface area contributed by atoms with Gasteiger partial charge in [-0.2, -0.15) is 4.98 Å². The average molecular weight is 463 g/mol. The topological polar surface area (TPSA) is 119 Å². The van der Waals surface area contributed by atoms with E-state index in [0.29, 0.717) is 16.2 Å². The highest BCUT2D eigenvalue weighted by Crippen LogP contribution is 2.29. The normalized spacial score (nSPS) is 10.6. The van der Waals surface area contributed by atoms with Crippen molar-refractivity contribution in [2.45, 2.75) is 11.8 Å². The van der Waals surface area contributed by atoms with Gasteiger partial charge in [0.05, 0.1) is 15.7 Å². The van der Waals surface area contributed by atoms with Crippen LogP contribution in [0.3, 0.4) is 0 Å². The fourth-order valence-corrected chi connectivity index (χ4v) is 3.17. The SMILES string of the molecule is Cc1cc(SN)ccc1Nc1ncc(Br)c(Nc2cccc(F)c2C(N)=O)n1. The van der Waals surface area contributed by atoms with Crippen LogP contribution in [0.25, 0.3) is 0 Å². The first-order chi connectivity index (χ1) is 13.4. The van der Waals surface area contributed by atoms with Crippen molar-refractivity contribution < 1.29 is 9.18 Å². The highest BCUT2D eigenvalue weighted by molar-refractivity contribution is 9.10. The maximum absolute atomic E-state index is 14.0. The van der Waals surface area contributed by atoms with Gasteiger partial charge in [0.25, 0.3) is 5.91 Å². The summed E-state index contributed by atoms with van der Waals surface area (Å²) >= 11 is 4.51. The van der Waals surface area contributed by atoms with Gasteiger partial charge in [-0.15, -0.1) is 0 Å². The highest BCUT2D eigenvalue weighted by atomic mass is 79.9. The van der Waals surface area contributed by atoms with Crippen molar-refractivity contribution >= 4 is 56.9 Å². The number of anilines is 4. The molecule has 144 valence electrons. The Morgan fingerprint density at radius 3 is 2.68 bits per heavy atom. The number of nitrogens with zero attached hydrogens (tertiary/aromatic N) is 2. The van der Waals surface area contributed by atoms with Crippen LogP contribution in [0.5, 0.6) is 0 Å². The zero-order valence-corrected chi connectivity index (χ0v) is 17.1. The molecule has 3 aromatic rings. The zero-order valence-electron chi connectivity index (χ0n) is 14.7. The van der Waals surface area contributed by atoms with Crippen LogP contribution >= 0.6 is 27.9 Å². The van der Waals surface area contributed by atoms with E-state index in [1.165, 1.54) is 18.2 Å². The van der Waals surface area contributed by atoms with Gasteiger partial charge >= 0.3 is 0 Å². The summed E-state index contributed by atoms with van der Waals surface area (Å²) in [6, 6.07) is 9.87. The molecule has 0 aliphatic carbocycles. The van der Waals surface area contributed by atoms with Gasteiger partial charge in [0.1, 0.15) is 11.6 Å². The minimum Gasteiger partial charge on any atom is -0.365 e. The lowest BCUT2D eigenvalue weighted by atomic mass is 10.1. The van der Waals surface area contributed by atoms with Crippen LogP contribution in [0, 0.1) is 12.7 Å². The van der Waals surface area contributed by atoms with Crippen molar-refractivity contribution in [2.24, 2.45) is 10.9 Å². The van der Waals surface area contributed by atoms with Crippen molar-refractivity contribution in [3.63, 3.8) is 0 Å². The van der Waals surface area contributed by atoms with E-state index in [-0.39, 0.29) is 11.3 Å². The third-order valence-corrected chi connectivity index (χ3v) is 4.94. The summed E-state index contributed by atoms with van der Waals surface area (Å²) in [5, 5.41) is 11.6. The molecule has 1 heterocycles. The van der Waals surface area contributed by atoms with Crippen molar-refractivity contribution in [1.29, 1.82) is 0 Å². The number of halogens is 2. The van der Waals surface area contributed by atoms with Gasteiger partial charge in [-0.3, -0.25) is 9.93 Å². The third-order valence-electron chi connectivity index (χ3n) is 3.84. The number of nitrogens with one attached hydrogen (secondary N) is 2. The lowest BCUT2D eigenvalue weighted by molar-refractivity contribution is 0.0997. The minimum absolute atomic E-state index is 0.207. The van der Waals surface area contributed by atoms with E-state index in [0.717, 1.165) is 28.1 Å². The maximum Gasteiger partial charge on any atom is 0.253 e. The van der Waals surface area contributed by atoms with Crippen LogP contribution in [-0.2, 0) is 0 Å². The predicted octanol–water partition coefficient (Wildman–Crippen LogP) is 4.24. The van der Waals surface area contributed by atoms with E-state index in [1.54, 1.807) is 6.20 Å². The van der Waals surface area contributed by atoms with Gasteiger partial charge < -0.3 is 16.4 Å². The van der Waals surface area contributed by atoms with Crippen LogP contribution in [0.1, 0.15) is 15.9 Å². The monoisotopic (exact) mass is 462 g/mol. The number of primary amides is 1. The summed E-state index contributed by atoms with van der Waals surface area (Å²) in [6.45, 7) is 1.94. The first-order valence-corrected chi connectivity index (χ1v) is 9.68. The van der Waals surface area contributed by atoms with E-state index in [1.807, 2.05) is 25.1 Å². The predicted molar refractivity (Wildman–Crippen MR) is 112 cm³/mol. The molecule has 0 fully saturated rings. The summed E-state index contributed by atoms with van der Waals surface area (Å²) in [7, 11) is 0. The van der Waals surface area contributed by atoms with Crippen LogP contribution < -0.4 is 21.5 Å². The second kappa shape index (κ2) is 8.55. The second-order valence-electron chi connectivity index (χ2n) is 5.76. The first-order valence-electron chi connectivity index (χ1n) is 8.01. The summed E-state index contributed by atoms with van der Waals surface area (Å²) in [6.07, 6.45) is 1.54. The van der Waals surface area contributed by atoms with Crippen molar-refractivity contribution in [3.05, 3.63) is 64.0 Å². The Morgan fingerprint density at radius 1 is 1.21 bits per heavy atom. The first kappa shape index (κ1) is 20.1. The van der Waals surface area contributed by atoms with Gasteiger partial charge in [0.2, 0.25) is 5.95 Å². The van der Waals surface area contributed by atoms with Gasteiger partial charge in [-0.05, 0) is 70.7 Å². The van der Waals surface area contributed by atoms with E-state index in [2.05, 4.69) is 36.5 Å². The molecule has 0 aliphatic rings. The number of carbonyl (C=O) groups is 1. The number of hydrogen-bond acceptors (Lipinski definition) is 7. The number of carbonyl (C=O) groups excluding carboxylic acids is 1. The molecule has 10 heteroatoms. The number of aryl methyl sites for hydroxylation is 1. The third kappa shape index (κ3) is 4.41. The Hall–Kier alpha value is -2.69. The fourth-order valence-electron chi connectivity index (χ4n) is 2.49. The summed E-state index contributed by atoms with van der Waals surface area (Å²) in [5.74, 6) is -0.927. The van der Waals surface area contributed by atoms with E-state index >= 15 is 0 Å². The summed E-state index contributed by atoms with van der Waals surface area (Å²) < 4.78 is 14.5. The minimum atomic E-state index is -0.877. The zero-order chi connectivity index (χ0) is 20.3. The molecule has 28 heavy (non-hydrogen) atoms. The molecule has 1 aromatic heterocycles. The van der Waals surface area contributed by atoms with Crippen LogP contribution in [0.15, 0.2) is 52.0 Å².